The number of carbonyl (C=O) groups is 1. The van der Waals surface area contributed by atoms with Gasteiger partial charge in [-0.2, -0.15) is 5.10 Å². The zero-order valence-corrected chi connectivity index (χ0v) is 11.3. The van der Waals surface area contributed by atoms with E-state index in [9.17, 15) is 4.79 Å². The zero-order chi connectivity index (χ0) is 13.7. The second-order valence-electron chi connectivity index (χ2n) is 4.49. The van der Waals surface area contributed by atoms with E-state index >= 15 is 0 Å². The van der Waals surface area contributed by atoms with Crippen molar-refractivity contribution in [3.63, 3.8) is 0 Å². The number of carbonyl (C=O) groups excluding carboxylic acids is 1. The molecule has 1 heterocycles. The fourth-order valence-corrected chi connectivity index (χ4v) is 2.15. The fourth-order valence-electron chi connectivity index (χ4n) is 2.15. The lowest BCUT2D eigenvalue weighted by atomic mass is 9.99. The number of hydrogen-bond donors (Lipinski definition) is 2. The molecule has 0 saturated carbocycles. The lowest BCUT2D eigenvalue weighted by molar-refractivity contribution is -0.119. The molecule has 1 rings (SSSR count). The molecule has 0 aliphatic rings. The molecule has 18 heavy (non-hydrogen) atoms. The van der Waals surface area contributed by atoms with Gasteiger partial charge in [-0.05, 0) is 13.0 Å². The van der Waals surface area contributed by atoms with Crippen LogP contribution in [0.3, 0.4) is 0 Å². The van der Waals surface area contributed by atoms with Gasteiger partial charge in [0.05, 0.1) is 18.8 Å². The van der Waals surface area contributed by atoms with Crippen LogP contribution in [0.1, 0.15) is 31.9 Å². The molecule has 0 spiro atoms. The number of nitrogens with two attached hydrogens (primary N) is 2. The summed E-state index contributed by atoms with van der Waals surface area (Å²) in [5, 5.41) is 4.17. The van der Waals surface area contributed by atoms with Crippen LogP contribution in [0.2, 0.25) is 0 Å². The van der Waals surface area contributed by atoms with Gasteiger partial charge >= 0.3 is 0 Å². The molecule has 0 saturated heterocycles. The summed E-state index contributed by atoms with van der Waals surface area (Å²) in [7, 11) is 1.86. The number of nitrogens with zero attached hydrogens (tertiary/aromatic N) is 3. The van der Waals surface area contributed by atoms with Gasteiger partial charge in [-0.1, -0.05) is 13.8 Å². The highest BCUT2D eigenvalue weighted by molar-refractivity contribution is 5.76. The number of hydrogen-bond acceptors (Lipinski definition) is 4. The molecule has 2 unspecified atom stereocenters. The third kappa shape index (κ3) is 3.54. The average Bonchev–Trinajstić information content (AvgIpc) is 2.73. The van der Waals surface area contributed by atoms with E-state index in [-0.39, 0.29) is 24.5 Å². The van der Waals surface area contributed by atoms with Crippen LogP contribution in [0, 0.1) is 0 Å². The first-order valence-electron chi connectivity index (χ1n) is 6.26. The van der Waals surface area contributed by atoms with E-state index in [2.05, 4.69) is 5.10 Å². The van der Waals surface area contributed by atoms with E-state index in [0.717, 1.165) is 18.5 Å². The van der Waals surface area contributed by atoms with E-state index < -0.39 is 0 Å². The Labute approximate surface area is 108 Å². The minimum atomic E-state index is -0.339. The molecule has 6 nitrogen and oxygen atoms in total. The van der Waals surface area contributed by atoms with Crippen molar-refractivity contribution in [1.29, 1.82) is 0 Å². The summed E-state index contributed by atoms with van der Waals surface area (Å²) in [4.78, 5) is 13.1. The number of amides is 1. The molecule has 0 aliphatic carbocycles. The minimum Gasteiger partial charge on any atom is -0.369 e. The molecule has 0 radical (unpaired) electrons. The van der Waals surface area contributed by atoms with Crippen LogP contribution in [0.15, 0.2) is 12.4 Å². The Morgan fingerprint density at radius 2 is 2.22 bits per heavy atom. The Bertz CT molecular complexity index is 390. The molecular formula is C12H23N5O. The smallest absolute Gasteiger partial charge is 0.231 e. The van der Waals surface area contributed by atoms with Gasteiger partial charge in [0.2, 0.25) is 5.91 Å². The Balaban J connectivity index is 2.99. The molecule has 0 fully saturated rings. The molecule has 0 aromatic carbocycles. The zero-order valence-electron chi connectivity index (χ0n) is 11.3. The van der Waals surface area contributed by atoms with Crippen LogP contribution in [-0.2, 0) is 11.8 Å². The third-order valence-electron chi connectivity index (χ3n) is 3.10. The predicted octanol–water partition coefficient (Wildman–Crippen LogP) is 0.00570. The first-order valence-corrected chi connectivity index (χ1v) is 6.26. The lowest BCUT2D eigenvalue weighted by Gasteiger charge is -2.33. The predicted molar refractivity (Wildman–Crippen MR) is 70.7 cm³/mol. The maximum absolute atomic E-state index is 11.1. The third-order valence-corrected chi connectivity index (χ3v) is 3.10. The Hall–Kier alpha value is -1.40. The van der Waals surface area contributed by atoms with Crippen LogP contribution in [0.25, 0.3) is 0 Å². The Morgan fingerprint density at radius 1 is 1.56 bits per heavy atom. The van der Waals surface area contributed by atoms with Gasteiger partial charge in [0.25, 0.3) is 0 Å². The second kappa shape index (κ2) is 6.51. The van der Waals surface area contributed by atoms with Crippen molar-refractivity contribution in [3.05, 3.63) is 18.0 Å². The van der Waals surface area contributed by atoms with Gasteiger partial charge < -0.3 is 11.5 Å². The van der Waals surface area contributed by atoms with Gasteiger partial charge in [-0.15, -0.1) is 0 Å². The van der Waals surface area contributed by atoms with Crippen molar-refractivity contribution >= 4 is 5.91 Å². The maximum atomic E-state index is 11.1. The van der Waals surface area contributed by atoms with Crippen LogP contribution in [0.5, 0.6) is 0 Å². The van der Waals surface area contributed by atoms with Gasteiger partial charge in [-0.3, -0.25) is 14.4 Å². The molecule has 6 heteroatoms. The summed E-state index contributed by atoms with van der Waals surface area (Å²) in [6.45, 7) is 4.96. The van der Waals surface area contributed by atoms with E-state index in [4.69, 9.17) is 11.5 Å². The van der Waals surface area contributed by atoms with Gasteiger partial charge in [-0.25, -0.2) is 0 Å². The largest absolute Gasteiger partial charge is 0.369 e. The van der Waals surface area contributed by atoms with Crippen molar-refractivity contribution in [1.82, 2.24) is 14.7 Å². The monoisotopic (exact) mass is 253 g/mol. The molecular weight excluding hydrogens is 230 g/mol. The van der Waals surface area contributed by atoms with Crippen LogP contribution in [-0.4, -0.2) is 39.7 Å². The van der Waals surface area contributed by atoms with Crippen molar-refractivity contribution in [2.24, 2.45) is 18.5 Å². The molecule has 0 bridgehead atoms. The minimum absolute atomic E-state index is 0.0267. The normalized spacial score (nSPS) is 14.7. The quantitative estimate of drug-likeness (QED) is 0.716. The van der Waals surface area contributed by atoms with Gasteiger partial charge in [0.1, 0.15) is 0 Å². The average molecular weight is 253 g/mol. The molecule has 1 aromatic heterocycles. The first-order chi connectivity index (χ1) is 8.49. The number of aromatic nitrogens is 2. The van der Waals surface area contributed by atoms with Crippen molar-refractivity contribution in [2.45, 2.75) is 32.4 Å². The summed E-state index contributed by atoms with van der Waals surface area (Å²) >= 11 is 0. The number of rotatable bonds is 7. The highest BCUT2D eigenvalue weighted by atomic mass is 16.1. The van der Waals surface area contributed by atoms with Gasteiger partial charge in [0, 0.05) is 24.8 Å². The van der Waals surface area contributed by atoms with Crippen LogP contribution >= 0.6 is 0 Å². The highest BCUT2D eigenvalue weighted by Gasteiger charge is 2.26. The fraction of sp³-hybridized carbons (Fsp3) is 0.667. The van der Waals surface area contributed by atoms with Gasteiger partial charge in [0.15, 0.2) is 0 Å². The highest BCUT2D eigenvalue weighted by Crippen LogP contribution is 2.24. The molecule has 102 valence electrons. The van der Waals surface area contributed by atoms with Crippen LogP contribution in [0.4, 0.5) is 0 Å². The van der Waals surface area contributed by atoms with Crippen molar-refractivity contribution < 1.29 is 4.79 Å². The van der Waals surface area contributed by atoms with E-state index in [1.54, 1.807) is 10.9 Å². The summed E-state index contributed by atoms with van der Waals surface area (Å²) < 4.78 is 1.74. The molecule has 1 aromatic rings. The number of likely N-dealkylation sites (N-methyl/N-ethyl adjacent to an activating group) is 1. The van der Waals surface area contributed by atoms with Crippen molar-refractivity contribution in [3.8, 4) is 0 Å². The van der Waals surface area contributed by atoms with E-state index in [0.29, 0.717) is 0 Å². The van der Waals surface area contributed by atoms with Crippen LogP contribution < -0.4 is 11.5 Å². The van der Waals surface area contributed by atoms with E-state index in [1.165, 1.54) is 0 Å². The summed E-state index contributed by atoms with van der Waals surface area (Å²) in [6, 6.07) is -0.0744. The summed E-state index contributed by atoms with van der Waals surface area (Å²) in [5.74, 6) is -0.339. The standard InChI is InChI=1S/C12H23N5O/c1-4-10(13)12(9-6-15-16(3)7-9)17(5-2)8-11(14)18/h6-7,10,12H,4-5,8,13H2,1-3H3,(H2,14,18). The summed E-state index contributed by atoms with van der Waals surface area (Å²) in [5.41, 5.74) is 12.5. The van der Waals surface area contributed by atoms with Crippen molar-refractivity contribution in [2.75, 3.05) is 13.1 Å². The van der Waals surface area contributed by atoms with E-state index in [1.807, 2.05) is 32.0 Å². The molecule has 1 amide bonds. The topological polar surface area (TPSA) is 90.2 Å². The SMILES string of the molecule is CCC(N)C(c1cnn(C)c1)N(CC)CC(N)=O. The Morgan fingerprint density at radius 3 is 2.61 bits per heavy atom. The number of primary amides is 1. The number of aryl methyl sites for hydroxylation is 1. The molecule has 4 N–H and O–H groups in total. The Kier molecular flexibility index (Phi) is 5.30. The maximum Gasteiger partial charge on any atom is 0.231 e. The molecule has 0 aliphatic heterocycles. The first kappa shape index (κ1) is 14.7. The second-order valence-corrected chi connectivity index (χ2v) is 4.49. The summed E-state index contributed by atoms with van der Waals surface area (Å²) in [6.07, 6.45) is 4.56. The lowest BCUT2D eigenvalue weighted by Crippen LogP contribution is -2.44. The molecule has 2 atom stereocenters.